The van der Waals surface area contributed by atoms with Crippen LogP contribution < -0.4 is 10.6 Å². The van der Waals surface area contributed by atoms with Gasteiger partial charge in [-0.25, -0.2) is 0 Å². The van der Waals surface area contributed by atoms with Crippen molar-refractivity contribution in [2.45, 2.75) is 24.7 Å². The summed E-state index contributed by atoms with van der Waals surface area (Å²) < 4.78 is 0. The van der Waals surface area contributed by atoms with E-state index in [1.54, 1.807) is 18.7 Å². The molecule has 1 aliphatic heterocycles. The maximum absolute atomic E-state index is 11.6. The summed E-state index contributed by atoms with van der Waals surface area (Å²) in [6.07, 6.45) is 3.99. The van der Waals surface area contributed by atoms with Crippen molar-refractivity contribution < 1.29 is 9.90 Å². The first-order valence-electron chi connectivity index (χ1n) is 6.41. The minimum absolute atomic E-state index is 0.0364. The van der Waals surface area contributed by atoms with Gasteiger partial charge in [-0.05, 0) is 25.0 Å². The maximum Gasteiger partial charge on any atom is 0.171 e. The minimum atomic E-state index is 0.0364. The lowest BCUT2D eigenvalue weighted by Crippen LogP contribution is -2.34. The Bertz CT molecular complexity index is 465. The van der Waals surface area contributed by atoms with Gasteiger partial charge in [-0.3, -0.25) is 4.79 Å². The smallest absolute Gasteiger partial charge is 0.171 e. The second-order valence-corrected chi connectivity index (χ2v) is 6.67. The number of rotatable bonds is 4. The van der Waals surface area contributed by atoms with Gasteiger partial charge in [-0.15, -0.1) is 23.1 Å². The second-order valence-electron chi connectivity index (χ2n) is 4.85. The molecule has 0 radical (unpaired) electrons. The molecule has 1 saturated heterocycles. The van der Waals surface area contributed by atoms with Crippen LogP contribution in [0.1, 0.15) is 29.4 Å². The van der Waals surface area contributed by atoms with Gasteiger partial charge in [-0.2, -0.15) is 0 Å². The van der Waals surface area contributed by atoms with Crippen LogP contribution in [0.3, 0.4) is 0 Å². The summed E-state index contributed by atoms with van der Waals surface area (Å²) in [5, 5.41) is 10.3. The number of thioether (sulfide) groups is 1. The first-order valence-corrected chi connectivity index (χ1v) is 8.45. The Balaban J connectivity index is 2.25. The Kier molecular flexibility index (Phi) is 4.76. The lowest BCUT2D eigenvalue weighted by molar-refractivity contribution is 0.102. The molecule has 0 bridgehead atoms. The third kappa shape index (κ3) is 2.90. The number of hydrogen-bond donors (Lipinski definition) is 2. The Morgan fingerprint density at radius 1 is 1.53 bits per heavy atom. The average molecular weight is 300 g/mol. The molecule has 1 aromatic heterocycles. The van der Waals surface area contributed by atoms with E-state index in [9.17, 15) is 9.90 Å². The standard InChI is InChI=1S/C13H20N2O2S2/c1-8(17)11-10(14)12(18-2)13(19-11)15-5-3-9(7-16)4-6-15/h9,16H,3-7,14H2,1-2H3. The number of Topliss-reactive ketones (excluding diaryl/α,β-unsaturated/α-hetero) is 1. The van der Waals surface area contributed by atoms with E-state index in [-0.39, 0.29) is 12.4 Å². The quantitative estimate of drug-likeness (QED) is 0.660. The highest BCUT2D eigenvalue weighted by Gasteiger charge is 2.25. The summed E-state index contributed by atoms with van der Waals surface area (Å²) in [4.78, 5) is 15.6. The lowest BCUT2D eigenvalue weighted by atomic mass is 9.98. The van der Waals surface area contributed by atoms with Crippen LogP contribution in [0.25, 0.3) is 0 Å². The normalized spacial score (nSPS) is 16.9. The van der Waals surface area contributed by atoms with Crippen molar-refractivity contribution in [1.82, 2.24) is 0 Å². The number of piperidine rings is 1. The van der Waals surface area contributed by atoms with E-state index in [4.69, 9.17) is 5.73 Å². The zero-order valence-electron chi connectivity index (χ0n) is 11.3. The molecule has 0 saturated carbocycles. The third-order valence-corrected chi connectivity index (χ3v) is 5.88. The molecule has 0 amide bonds. The maximum atomic E-state index is 11.6. The van der Waals surface area contributed by atoms with Gasteiger partial charge in [0.15, 0.2) is 5.78 Å². The fourth-order valence-electron chi connectivity index (χ4n) is 2.40. The van der Waals surface area contributed by atoms with Gasteiger partial charge in [-0.1, -0.05) is 0 Å². The molecule has 0 aromatic carbocycles. The van der Waals surface area contributed by atoms with Crippen LogP contribution in [-0.4, -0.2) is 36.8 Å². The minimum Gasteiger partial charge on any atom is -0.396 e. The van der Waals surface area contributed by atoms with Crippen molar-refractivity contribution in [1.29, 1.82) is 0 Å². The van der Waals surface area contributed by atoms with Crippen LogP contribution >= 0.6 is 23.1 Å². The summed E-state index contributed by atoms with van der Waals surface area (Å²) >= 11 is 3.10. The molecule has 3 N–H and O–H groups in total. The highest BCUT2D eigenvalue weighted by atomic mass is 32.2. The Labute approximate surface area is 122 Å². The first-order chi connectivity index (χ1) is 9.08. The predicted octanol–water partition coefficient (Wildman–Crippen LogP) is 2.46. The SMILES string of the molecule is CSc1c(N2CCC(CO)CC2)sc(C(C)=O)c1N. The number of carbonyl (C=O) groups is 1. The van der Waals surface area contributed by atoms with Crippen LogP contribution in [0.2, 0.25) is 0 Å². The summed E-state index contributed by atoms with van der Waals surface area (Å²) in [5.74, 6) is 0.452. The van der Waals surface area contributed by atoms with Gasteiger partial charge in [0.25, 0.3) is 0 Å². The molecule has 106 valence electrons. The van der Waals surface area contributed by atoms with Crippen molar-refractivity contribution >= 4 is 39.6 Å². The van der Waals surface area contributed by atoms with Crippen LogP contribution in [0, 0.1) is 5.92 Å². The van der Waals surface area contributed by atoms with Crippen molar-refractivity contribution in [2.24, 2.45) is 5.92 Å². The number of thiophene rings is 1. The molecule has 2 heterocycles. The Hall–Kier alpha value is -0.720. The fraction of sp³-hybridized carbons (Fsp3) is 0.615. The van der Waals surface area contributed by atoms with Crippen LogP contribution in [-0.2, 0) is 0 Å². The van der Waals surface area contributed by atoms with Gasteiger partial charge in [0.05, 0.1) is 15.5 Å². The molecule has 19 heavy (non-hydrogen) atoms. The van der Waals surface area contributed by atoms with Crippen molar-refractivity contribution in [3.63, 3.8) is 0 Å². The highest BCUT2D eigenvalue weighted by Crippen LogP contribution is 2.44. The number of anilines is 2. The van der Waals surface area contributed by atoms with Gasteiger partial charge in [0.2, 0.25) is 0 Å². The fourth-order valence-corrected chi connectivity index (χ4v) is 4.53. The molecule has 1 fully saturated rings. The molecule has 0 unspecified atom stereocenters. The van der Waals surface area contributed by atoms with E-state index < -0.39 is 0 Å². The number of nitrogens with two attached hydrogens (primary N) is 1. The topological polar surface area (TPSA) is 66.6 Å². The van der Waals surface area contributed by atoms with Gasteiger partial charge in [0.1, 0.15) is 5.00 Å². The third-order valence-electron chi connectivity index (χ3n) is 3.57. The van der Waals surface area contributed by atoms with E-state index in [0.717, 1.165) is 35.8 Å². The highest BCUT2D eigenvalue weighted by molar-refractivity contribution is 7.99. The summed E-state index contributed by atoms with van der Waals surface area (Å²) in [6, 6.07) is 0. The number of carbonyl (C=O) groups excluding carboxylic acids is 1. The monoisotopic (exact) mass is 300 g/mol. The van der Waals surface area contributed by atoms with E-state index >= 15 is 0 Å². The molecular formula is C13H20N2O2S2. The zero-order valence-corrected chi connectivity index (χ0v) is 12.9. The van der Waals surface area contributed by atoms with Gasteiger partial charge in [0, 0.05) is 26.6 Å². The van der Waals surface area contributed by atoms with E-state index in [1.165, 1.54) is 11.3 Å². The molecule has 0 atom stereocenters. The summed E-state index contributed by atoms with van der Waals surface area (Å²) in [7, 11) is 0. The zero-order chi connectivity index (χ0) is 14.0. The number of nitrogens with zero attached hydrogens (tertiary/aromatic N) is 1. The number of aliphatic hydroxyl groups is 1. The summed E-state index contributed by atoms with van der Waals surface area (Å²) in [5.41, 5.74) is 6.71. The molecule has 0 aliphatic carbocycles. The largest absolute Gasteiger partial charge is 0.396 e. The van der Waals surface area contributed by atoms with Crippen LogP contribution in [0.15, 0.2) is 4.90 Å². The molecule has 1 aliphatic rings. The number of hydrogen-bond acceptors (Lipinski definition) is 6. The predicted molar refractivity (Wildman–Crippen MR) is 82.5 cm³/mol. The van der Waals surface area contributed by atoms with Crippen LogP contribution in [0.4, 0.5) is 10.7 Å². The Morgan fingerprint density at radius 3 is 2.63 bits per heavy atom. The van der Waals surface area contributed by atoms with E-state index in [2.05, 4.69) is 4.90 Å². The molecule has 6 heteroatoms. The van der Waals surface area contributed by atoms with E-state index in [0.29, 0.717) is 16.5 Å². The van der Waals surface area contributed by atoms with Crippen LogP contribution in [0.5, 0.6) is 0 Å². The van der Waals surface area contributed by atoms with E-state index in [1.807, 2.05) is 6.26 Å². The summed E-state index contributed by atoms with van der Waals surface area (Å²) in [6.45, 7) is 3.69. The molecule has 2 rings (SSSR count). The molecular weight excluding hydrogens is 280 g/mol. The Morgan fingerprint density at radius 2 is 2.16 bits per heavy atom. The second kappa shape index (κ2) is 6.15. The average Bonchev–Trinajstić information content (AvgIpc) is 2.76. The first kappa shape index (κ1) is 14.7. The molecule has 0 spiro atoms. The number of nitrogen functional groups attached to an aromatic ring is 1. The lowest BCUT2D eigenvalue weighted by Gasteiger charge is -2.32. The van der Waals surface area contributed by atoms with Gasteiger partial charge < -0.3 is 15.7 Å². The number of ketones is 1. The van der Waals surface area contributed by atoms with Crippen molar-refractivity contribution in [3.05, 3.63) is 4.88 Å². The molecule has 1 aromatic rings. The number of aliphatic hydroxyl groups excluding tert-OH is 1. The van der Waals surface area contributed by atoms with Gasteiger partial charge >= 0.3 is 0 Å². The molecule has 4 nitrogen and oxygen atoms in total. The van der Waals surface area contributed by atoms with Crippen molar-refractivity contribution in [2.75, 3.05) is 36.6 Å². The van der Waals surface area contributed by atoms with Crippen molar-refractivity contribution in [3.8, 4) is 0 Å².